The molecule has 33 heavy (non-hydrogen) atoms. The molecule has 0 saturated carbocycles. The minimum absolute atomic E-state index is 0.154. The monoisotopic (exact) mass is 459 g/mol. The standard InChI is InChI=1S/C25H37N3O5/c1-16(2)21(28-24(32)33-15-25(3,4)5)20(29)12-19-11-18-10-17(13-26-14-18)8-6-7-9-27-23(31)22(19)30/h10,13-14,16,19,21H,6-9,11-12,15H2,1-5H3,(H,27,31)(H,28,32). The zero-order valence-corrected chi connectivity index (χ0v) is 20.4. The van der Waals surface area contributed by atoms with Crippen LogP contribution >= 0.6 is 0 Å². The van der Waals surface area contributed by atoms with Crippen LogP contribution in [0.15, 0.2) is 18.5 Å². The van der Waals surface area contributed by atoms with Gasteiger partial charge in [0.25, 0.3) is 5.91 Å². The van der Waals surface area contributed by atoms with Gasteiger partial charge in [0.1, 0.15) is 0 Å². The van der Waals surface area contributed by atoms with Crippen molar-refractivity contribution in [2.24, 2.45) is 17.3 Å². The lowest BCUT2D eigenvalue weighted by molar-refractivity contribution is -0.141. The smallest absolute Gasteiger partial charge is 0.407 e. The molecular weight excluding hydrogens is 422 g/mol. The summed E-state index contributed by atoms with van der Waals surface area (Å²) in [5.74, 6) is -2.63. The van der Waals surface area contributed by atoms with Gasteiger partial charge in [-0.15, -0.1) is 0 Å². The van der Waals surface area contributed by atoms with Crippen LogP contribution < -0.4 is 10.6 Å². The Morgan fingerprint density at radius 2 is 1.88 bits per heavy atom. The number of Topliss-reactive ketones (excluding diaryl/α,β-unsaturated/α-hetero) is 2. The Balaban J connectivity index is 2.17. The first-order valence-corrected chi connectivity index (χ1v) is 11.7. The number of hydrogen-bond donors (Lipinski definition) is 2. The Morgan fingerprint density at radius 3 is 2.55 bits per heavy atom. The molecule has 1 aromatic heterocycles. The van der Waals surface area contributed by atoms with Gasteiger partial charge in [-0.3, -0.25) is 19.4 Å². The van der Waals surface area contributed by atoms with Crippen molar-refractivity contribution in [1.29, 1.82) is 0 Å². The summed E-state index contributed by atoms with van der Waals surface area (Å²) < 4.78 is 5.25. The van der Waals surface area contributed by atoms with E-state index in [1.54, 1.807) is 12.4 Å². The molecule has 0 aliphatic carbocycles. The largest absolute Gasteiger partial charge is 0.449 e. The minimum Gasteiger partial charge on any atom is -0.449 e. The lowest BCUT2D eigenvalue weighted by Gasteiger charge is -2.25. The average Bonchev–Trinajstić information content (AvgIpc) is 2.73. The van der Waals surface area contributed by atoms with Gasteiger partial charge in [0, 0.05) is 31.3 Å². The summed E-state index contributed by atoms with van der Waals surface area (Å²) >= 11 is 0. The topological polar surface area (TPSA) is 114 Å². The summed E-state index contributed by atoms with van der Waals surface area (Å²) in [6.45, 7) is 10.1. The lowest BCUT2D eigenvalue weighted by atomic mass is 9.86. The van der Waals surface area contributed by atoms with E-state index >= 15 is 0 Å². The fourth-order valence-corrected chi connectivity index (χ4v) is 3.70. The predicted octanol–water partition coefficient (Wildman–Crippen LogP) is 3.02. The number of nitrogens with zero attached hydrogens (tertiary/aromatic N) is 1. The van der Waals surface area contributed by atoms with Gasteiger partial charge in [-0.25, -0.2) is 4.79 Å². The van der Waals surface area contributed by atoms with Gasteiger partial charge >= 0.3 is 6.09 Å². The van der Waals surface area contributed by atoms with Gasteiger partial charge < -0.3 is 15.4 Å². The molecule has 0 aromatic carbocycles. The summed E-state index contributed by atoms with van der Waals surface area (Å²) in [7, 11) is 0. The number of nitrogens with one attached hydrogen (secondary N) is 2. The van der Waals surface area contributed by atoms with Crippen LogP contribution in [0.2, 0.25) is 0 Å². The number of ketones is 2. The Morgan fingerprint density at radius 1 is 1.18 bits per heavy atom. The van der Waals surface area contributed by atoms with E-state index in [0.717, 1.165) is 30.4 Å². The van der Waals surface area contributed by atoms with Crippen molar-refractivity contribution in [3.8, 4) is 0 Å². The van der Waals surface area contributed by atoms with Crippen LogP contribution in [0.3, 0.4) is 0 Å². The summed E-state index contributed by atoms with van der Waals surface area (Å²) in [6, 6.07) is 1.17. The number of amides is 2. The third kappa shape index (κ3) is 8.94. The molecule has 0 radical (unpaired) electrons. The van der Waals surface area contributed by atoms with Crippen LogP contribution in [0, 0.1) is 17.3 Å². The lowest BCUT2D eigenvalue weighted by Crippen LogP contribution is -2.47. The molecule has 2 N–H and O–H groups in total. The molecule has 1 aliphatic heterocycles. The molecule has 2 atom stereocenters. The number of aryl methyl sites for hydroxylation is 1. The van der Waals surface area contributed by atoms with Crippen LogP contribution in [0.5, 0.6) is 0 Å². The second-order valence-electron chi connectivity index (χ2n) is 10.4. The second-order valence-corrected chi connectivity index (χ2v) is 10.4. The third-order valence-electron chi connectivity index (χ3n) is 5.48. The third-order valence-corrected chi connectivity index (χ3v) is 5.48. The highest BCUT2D eigenvalue weighted by molar-refractivity contribution is 6.37. The Kier molecular flexibility index (Phi) is 9.56. The van der Waals surface area contributed by atoms with Crippen molar-refractivity contribution in [3.05, 3.63) is 29.6 Å². The van der Waals surface area contributed by atoms with Crippen molar-refractivity contribution < 1.29 is 23.9 Å². The van der Waals surface area contributed by atoms with Crippen LogP contribution in [-0.2, 0) is 32.0 Å². The molecule has 1 aromatic rings. The maximum absolute atomic E-state index is 13.2. The van der Waals surface area contributed by atoms with Gasteiger partial charge in [0.05, 0.1) is 12.6 Å². The van der Waals surface area contributed by atoms with E-state index in [0.29, 0.717) is 6.54 Å². The Hall–Kier alpha value is -2.77. The molecule has 0 spiro atoms. The quantitative estimate of drug-likeness (QED) is 0.632. The summed E-state index contributed by atoms with van der Waals surface area (Å²) in [6.07, 6.45) is 5.35. The number of pyridine rings is 1. The molecule has 0 saturated heterocycles. The van der Waals surface area contributed by atoms with Crippen molar-refractivity contribution in [3.63, 3.8) is 0 Å². The summed E-state index contributed by atoms with van der Waals surface area (Å²) in [5.41, 5.74) is 1.68. The minimum atomic E-state index is -0.831. The van der Waals surface area contributed by atoms with E-state index in [2.05, 4.69) is 15.6 Å². The van der Waals surface area contributed by atoms with Crippen molar-refractivity contribution in [2.45, 2.75) is 72.8 Å². The molecule has 2 bridgehead atoms. The van der Waals surface area contributed by atoms with Crippen LogP contribution in [0.1, 0.15) is 65.0 Å². The first-order valence-electron chi connectivity index (χ1n) is 11.7. The van der Waals surface area contributed by atoms with Gasteiger partial charge in [-0.05, 0) is 48.1 Å². The molecule has 0 fully saturated rings. The Labute approximate surface area is 196 Å². The number of aromatic nitrogens is 1. The van der Waals surface area contributed by atoms with E-state index in [1.165, 1.54) is 0 Å². The highest BCUT2D eigenvalue weighted by Crippen LogP contribution is 2.19. The molecule has 2 rings (SSSR count). The van der Waals surface area contributed by atoms with Crippen molar-refractivity contribution in [2.75, 3.05) is 13.2 Å². The molecule has 2 amide bonds. The fourth-order valence-electron chi connectivity index (χ4n) is 3.70. The summed E-state index contributed by atoms with van der Waals surface area (Å²) in [5, 5.41) is 5.32. The van der Waals surface area contributed by atoms with Crippen molar-refractivity contribution >= 4 is 23.6 Å². The number of fused-ring (bicyclic) bond motifs is 2. The highest BCUT2D eigenvalue weighted by Gasteiger charge is 2.33. The van der Waals surface area contributed by atoms with E-state index in [-0.39, 0.29) is 36.6 Å². The second kappa shape index (κ2) is 11.9. The normalized spacial score (nSPS) is 18.5. The molecule has 182 valence electrons. The van der Waals surface area contributed by atoms with Crippen LogP contribution in [-0.4, -0.2) is 47.7 Å². The average molecular weight is 460 g/mol. The van der Waals surface area contributed by atoms with Crippen LogP contribution in [0.4, 0.5) is 4.79 Å². The maximum Gasteiger partial charge on any atom is 0.407 e. The zero-order chi connectivity index (χ0) is 24.6. The number of carbonyl (C=O) groups excluding carboxylic acids is 4. The molecule has 2 heterocycles. The van der Waals surface area contributed by atoms with Gasteiger partial charge in [-0.1, -0.05) is 40.7 Å². The van der Waals surface area contributed by atoms with Gasteiger partial charge in [0.2, 0.25) is 5.78 Å². The van der Waals surface area contributed by atoms with E-state index in [1.807, 2.05) is 40.7 Å². The molecule has 8 nitrogen and oxygen atoms in total. The van der Waals surface area contributed by atoms with Crippen molar-refractivity contribution in [1.82, 2.24) is 15.6 Å². The van der Waals surface area contributed by atoms with E-state index in [9.17, 15) is 19.2 Å². The number of alkyl carbamates (subject to hydrolysis) is 1. The predicted molar refractivity (Wildman–Crippen MR) is 125 cm³/mol. The van der Waals surface area contributed by atoms with E-state index in [4.69, 9.17) is 4.74 Å². The molecule has 2 unspecified atom stereocenters. The number of carbonyl (C=O) groups is 4. The number of ether oxygens (including phenoxy) is 1. The Bertz CT molecular complexity index is 860. The van der Waals surface area contributed by atoms with Gasteiger partial charge in [0.15, 0.2) is 5.78 Å². The fraction of sp³-hybridized carbons (Fsp3) is 0.640. The maximum atomic E-state index is 13.2. The van der Waals surface area contributed by atoms with E-state index < -0.39 is 29.7 Å². The summed E-state index contributed by atoms with van der Waals surface area (Å²) in [4.78, 5) is 55.1. The molecule has 1 aliphatic rings. The first-order chi connectivity index (χ1) is 15.5. The zero-order valence-electron chi connectivity index (χ0n) is 20.4. The molecule has 8 heteroatoms. The SMILES string of the molecule is CC(C)C(NC(=O)OCC(C)(C)C)C(=O)CC1Cc2cncc(c2)CCCCNC(=O)C1=O. The molecular formula is C25H37N3O5. The number of rotatable bonds is 6. The van der Waals surface area contributed by atoms with Gasteiger partial charge in [-0.2, -0.15) is 0 Å². The van der Waals surface area contributed by atoms with Crippen LogP contribution in [0.25, 0.3) is 0 Å². The first kappa shape index (κ1) is 26.5. The number of hydrogen-bond acceptors (Lipinski definition) is 6. The highest BCUT2D eigenvalue weighted by atomic mass is 16.5.